The molecule has 10 aliphatic heterocycles. The van der Waals surface area contributed by atoms with Crippen molar-refractivity contribution in [3.8, 4) is 0 Å². The molecule has 10 saturated heterocycles. The van der Waals surface area contributed by atoms with Crippen LogP contribution in [-0.4, -0.2) is 527 Å². The molecule has 0 aliphatic carbocycles. The highest BCUT2D eigenvalue weighted by atomic mass is 16.8. The average Bonchev–Trinajstić information content (AvgIpc) is 0.763. The monoisotopic (exact) mass is 1750 g/mol. The highest BCUT2D eigenvalue weighted by Gasteiger charge is 2.61. The summed E-state index contributed by atoms with van der Waals surface area (Å²) in [5, 5.41) is 318. The predicted molar refractivity (Wildman–Crippen MR) is 363 cm³/mol. The third-order valence-electron chi connectivity index (χ3n) is 22.0. The van der Waals surface area contributed by atoms with Gasteiger partial charge in [0.2, 0.25) is 17.7 Å². The molecule has 53 heteroatoms. The number of aliphatic hydroxyl groups excluding tert-OH is 28. The first-order chi connectivity index (χ1) is 56.2. The van der Waals surface area contributed by atoms with Crippen LogP contribution in [0.15, 0.2) is 0 Å². The van der Waals surface area contributed by atoms with Crippen LogP contribution in [0.5, 0.6) is 0 Å². The number of hydrogen-bond acceptors (Lipinski definition) is 50. The highest BCUT2D eigenvalue weighted by Crippen LogP contribution is 2.40. The second-order valence-electron chi connectivity index (χ2n) is 30.3. The lowest BCUT2D eigenvalue weighted by molar-refractivity contribution is -0.399. The molecule has 10 heterocycles. The summed E-state index contributed by atoms with van der Waals surface area (Å²) < 4.78 is 112. The van der Waals surface area contributed by atoms with Crippen LogP contribution in [0.4, 0.5) is 0 Å². The molecule has 3 amide bonds. The van der Waals surface area contributed by atoms with E-state index in [1.165, 1.54) is 6.92 Å². The number of carbonyl (C=O) groups excluding carboxylic acids is 3. The second-order valence-corrected chi connectivity index (χ2v) is 30.3. The van der Waals surface area contributed by atoms with Gasteiger partial charge in [-0.25, -0.2) is 0 Å². The fourth-order valence-electron chi connectivity index (χ4n) is 15.3. The fraction of sp³-hybridized carbons (Fsp3) is 0.955. The standard InChI is InChI=1S/C66H111N3O50/c1-14-30(79)40(89)46(95)60(104-14)101-12-25-36(85)53(29(57(100)105-25)69-17(4)78)116-58-27(67-15(2)76)38(87)52(23(10-75)110-58)115-64-50(99)54(117-66-56(44(93)34(83)21(8-73)109-66)118-59-28(68-16(3)77)39(88)51(22(9-74)111-59)114-62-48(97)42(91)32(81)19(6-71)107-62)37(86)26(112-64)13-103-65-55(119-63-49(98)43(92)33(82)20(7-72)108-63)45(94)35(84)24(113-65)11-102-61-47(96)41(90)31(80)18(5-70)106-61/h14,18-66,70-75,79-100H,5-13H2,1-4H3,(H,67,76)(H,68,77)(H,69,78)/t14-,18+,19+,20+,21+,22+,23+,24+,25+,26+,27+,28+,29+,30+,31+,32-,33+,34+,35+,36+,37+,38+,39+,40+,41-,42-,43-,44-,45-,46-,47-,48+,49-,50-,51+,52+,53+,54-,55-,56-,57?,58-,59-,60+,61-,62-,63+,64-,65-,66+/m0/s1. The highest BCUT2D eigenvalue weighted by molar-refractivity contribution is 5.74. The molecule has 0 aromatic rings. The number of aliphatic hydroxyl groups is 28. The fourth-order valence-corrected chi connectivity index (χ4v) is 15.3. The normalized spacial score (nSPS) is 50.7. The molecular formula is C66H111N3O50. The Kier molecular flexibility index (Phi) is 34.8. The number of carbonyl (C=O) groups is 3. The molecule has 10 fully saturated rings. The molecule has 119 heavy (non-hydrogen) atoms. The van der Waals surface area contributed by atoms with Gasteiger partial charge < -0.3 is 249 Å². The Labute approximate surface area is 673 Å². The minimum absolute atomic E-state index is 0.820. The van der Waals surface area contributed by atoms with Crippen molar-refractivity contribution < 1.29 is 247 Å². The number of rotatable bonds is 30. The van der Waals surface area contributed by atoms with E-state index < -0.39 is 384 Å². The number of nitrogens with one attached hydrogen (secondary N) is 3. The number of amides is 3. The van der Waals surface area contributed by atoms with Crippen LogP contribution in [0.2, 0.25) is 0 Å². The first-order valence-corrected chi connectivity index (χ1v) is 38.0. The average molecular weight is 1750 g/mol. The van der Waals surface area contributed by atoms with Crippen molar-refractivity contribution in [2.75, 3.05) is 59.5 Å². The smallest absolute Gasteiger partial charge is 0.217 e. The van der Waals surface area contributed by atoms with E-state index in [0.29, 0.717) is 0 Å². The summed E-state index contributed by atoms with van der Waals surface area (Å²) >= 11 is 0. The van der Waals surface area contributed by atoms with Crippen molar-refractivity contribution in [3.05, 3.63) is 0 Å². The summed E-state index contributed by atoms with van der Waals surface area (Å²) in [4.78, 5) is 38.9. The molecule has 0 saturated carbocycles. The summed E-state index contributed by atoms with van der Waals surface area (Å²) in [5.74, 6) is -2.85. The van der Waals surface area contributed by atoms with Crippen LogP contribution < -0.4 is 16.0 Å². The summed E-state index contributed by atoms with van der Waals surface area (Å²) in [7, 11) is 0. The van der Waals surface area contributed by atoms with Gasteiger partial charge >= 0.3 is 0 Å². The molecule has 1 unspecified atom stereocenters. The molecule has 0 aromatic heterocycles. The maximum absolute atomic E-state index is 13.2. The lowest BCUT2D eigenvalue weighted by atomic mass is 9.93. The zero-order chi connectivity index (χ0) is 87.5. The molecule has 690 valence electrons. The van der Waals surface area contributed by atoms with Crippen LogP contribution >= 0.6 is 0 Å². The minimum Gasteiger partial charge on any atom is -0.394 e. The molecule has 0 radical (unpaired) electrons. The summed E-state index contributed by atoms with van der Waals surface area (Å²) in [5.41, 5.74) is 0. The van der Waals surface area contributed by atoms with Gasteiger partial charge in [-0.15, -0.1) is 0 Å². The SMILES string of the molecule is CC(=O)N[C@H]1[C@H](O[C@H]2[C@H](O)[C@@H](CO[C@@H]3O[C@@H](C)[C@@H](O)[C@@H](O)[C@@H]3O)OC(O)[C@@H]2NC(C)=O)O[C@H](CO)[C@@H](O[C@@H]2O[C@H](CO[C@H]3O[C@H](CO[C@H]4O[C@H](CO)[C@@H](O)[C@H](O)[C@@H]4O)[C@@H](O)[C@H](O)[C@@H]3O[C@H]3O[C@H](CO)[C@@H](O)[C@H](O)[C@@H]3O)[C@@H](O)[C@H](O[C@H]3O[C@H](CO)[C@@H](O)[C@H](O)[C@@H]3O[C@@H]3O[C@H](CO)[C@@H](O[C@@H]4O[C@H](CO)[C@H](O)[C@H](O)[C@H]4O)[C@H](O)[C@H]3NC(C)=O)[C@@H]2O)[C@@H]1O. The molecule has 0 bridgehead atoms. The van der Waals surface area contributed by atoms with Crippen LogP contribution in [0.1, 0.15) is 27.7 Å². The van der Waals surface area contributed by atoms with Crippen LogP contribution in [-0.2, 0) is 104 Å². The first-order valence-electron chi connectivity index (χ1n) is 38.0. The van der Waals surface area contributed by atoms with E-state index in [2.05, 4.69) is 16.0 Å². The quantitative estimate of drug-likeness (QED) is 0.0318. The van der Waals surface area contributed by atoms with E-state index in [4.69, 9.17) is 90.0 Å². The molecular weight excluding hydrogens is 1630 g/mol. The predicted octanol–water partition coefficient (Wildman–Crippen LogP) is -21.3. The van der Waals surface area contributed by atoms with Crippen LogP contribution in [0.25, 0.3) is 0 Å². The third kappa shape index (κ3) is 21.5. The molecule has 0 spiro atoms. The Morgan fingerprint density at radius 1 is 0.235 bits per heavy atom. The van der Waals surface area contributed by atoms with Gasteiger partial charge in [-0.3, -0.25) is 14.4 Å². The molecule has 0 aromatic carbocycles. The van der Waals surface area contributed by atoms with Crippen molar-refractivity contribution in [2.24, 2.45) is 0 Å². The Hall–Kier alpha value is -3.47. The Morgan fingerprint density at radius 2 is 0.513 bits per heavy atom. The second kappa shape index (κ2) is 42.4. The van der Waals surface area contributed by atoms with Crippen LogP contribution in [0.3, 0.4) is 0 Å². The van der Waals surface area contributed by atoms with Gasteiger partial charge in [0.15, 0.2) is 62.9 Å². The summed E-state index contributed by atoms with van der Waals surface area (Å²) in [6, 6.07) is -5.81. The van der Waals surface area contributed by atoms with E-state index in [-0.39, 0.29) is 0 Å². The molecule has 53 nitrogen and oxygen atoms in total. The minimum atomic E-state index is -2.64. The van der Waals surface area contributed by atoms with Gasteiger partial charge in [0.1, 0.15) is 238 Å². The van der Waals surface area contributed by atoms with Crippen molar-refractivity contribution in [1.29, 1.82) is 0 Å². The Bertz CT molecular complexity index is 3150. The van der Waals surface area contributed by atoms with Gasteiger partial charge in [0, 0.05) is 20.8 Å². The Morgan fingerprint density at radius 3 is 0.950 bits per heavy atom. The van der Waals surface area contributed by atoms with E-state index in [1.54, 1.807) is 0 Å². The summed E-state index contributed by atoms with van der Waals surface area (Å²) in [6.07, 6.45) is -97.7. The van der Waals surface area contributed by atoms with Gasteiger partial charge in [-0.05, 0) is 6.92 Å². The van der Waals surface area contributed by atoms with Gasteiger partial charge in [0.25, 0.3) is 0 Å². The van der Waals surface area contributed by atoms with Gasteiger partial charge in [0.05, 0.1) is 65.6 Å². The van der Waals surface area contributed by atoms with E-state index in [9.17, 15) is 157 Å². The molecule has 50 atom stereocenters. The van der Waals surface area contributed by atoms with E-state index >= 15 is 0 Å². The lowest BCUT2D eigenvalue weighted by Crippen LogP contribution is -2.71. The zero-order valence-corrected chi connectivity index (χ0v) is 63.7. The molecule has 10 aliphatic rings. The maximum atomic E-state index is 13.2. The van der Waals surface area contributed by atoms with Gasteiger partial charge in [-0.2, -0.15) is 0 Å². The Balaban J connectivity index is 0.987. The first kappa shape index (κ1) is 97.7. The lowest BCUT2D eigenvalue weighted by Gasteiger charge is -2.51. The maximum Gasteiger partial charge on any atom is 0.217 e. The molecule has 10 rings (SSSR count). The summed E-state index contributed by atoms with van der Waals surface area (Å²) in [6.45, 7) is -5.57. The number of ether oxygens (including phenoxy) is 19. The largest absolute Gasteiger partial charge is 0.394 e. The topological polar surface area (TPSA) is 829 Å². The van der Waals surface area contributed by atoms with E-state index in [0.717, 1.165) is 20.8 Å². The van der Waals surface area contributed by atoms with E-state index in [1.807, 2.05) is 0 Å². The van der Waals surface area contributed by atoms with Gasteiger partial charge in [-0.1, -0.05) is 0 Å². The van der Waals surface area contributed by atoms with Crippen molar-refractivity contribution in [2.45, 2.75) is 335 Å². The van der Waals surface area contributed by atoms with Crippen molar-refractivity contribution in [3.63, 3.8) is 0 Å². The van der Waals surface area contributed by atoms with Crippen molar-refractivity contribution in [1.82, 2.24) is 16.0 Å². The van der Waals surface area contributed by atoms with Crippen molar-refractivity contribution >= 4 is 17.7 Å². The zero-order valence-electron chi connectivity index (χ0n) is 63.7. The number of hydrogen-bond donors (Lipinski definition) is 31. The molecule has 31 N–H and O–H groups in total. The van der Waals surface area contributed by atoms with Crippen LogP contribution in [0, 0.1) is 0 Å². The third-order valence-corrected chi connectivity index (χ3v) is 22.0.